The van der Waals surface area contributed by atoms with E-state index < -0.39 is 48.1 Å². The highest BCUT2D eigenvalue weighted by Gasteiger charge is 2.65. The molecule has 4 nitrogen and oxygen atoms in total. The van der Waals surface area contributed by atoms with Crippen LogP contribution in [-0.4, -0.2) is 48.1 Å². The topological polar surface area (TPSA) is 58.2 Å². The second-order valence-corrected chi connectivity index (χ2v) is 5.59. The molecule has 0 bridgehead atoms. The minimum absolute atomic E-state index is 0.157. The fourth-order valence-corrected chi connectivity index (χ4v) is 2.25. The van der Waals surface area contributed by atoms with Gasteiger partial charge in [0.05, 0.1) is 0 Å². The second kappa shape index (κ2) is 7.10. The number of hydrogen-bond donors (Lipinski definition) is 2. The first kappa shape index (κ1) is 22.3. The van der Waals surface area contributed by atoms with E-state index in [1.165, 1.54) is 10.6 Å². The quantitative estimate of drug-likeness (QED) is 0.706. The third-order valence-corrected chi connectivity index (χ3v) is 3.68. The fraction of sp³-hybridized carbons (Fsp3) is 0.833. The Morgan fingerprint density at radius 1 is 0.615 bits per heavy atom. The van der Waals surface area contributed by atoms with E-state index in [-0.39, 0.29) is 25.7 Å². The van der Waals surface area contributed by atoms with Gasteiger partial charge < -0.3 is 10.6 Å². The maximum Gasteiger partial charge on any atom is 0.463 e. The molecule has 0 spiro atoms. The molecule has 0 aromatic heterocycles. The number of rotatable bonds is 4. The highest BCUT2D eigenvalue weighted by molar-refractivity contribution is 5.86. The van der Waals surface area contributed by atoms with Gasteiger partial charge in [-0.05, 0) is 12.8 Å². The number of carbonyl (C=O) groups excluding carboxylic acids is 2. The maximum atomic E-state index is 12.9. The zero-order chi connectivity index (χ0) is 20.6. The summed E-state index contributed by atoms with van der Waals surface area (Å²) >= 11 is 0. The third-order valence-electron chi connectivity index (χ3n) is 3.68. The monoisotopic (exact) mass is 406 g/mol. The van der Waals surface area contributed by atoms with Crippen molar-refractivity contribution in [3.8, 4) is 0 Å². The van der Waals surface area contributed by atoms with E-state index in [0.717, 1.165) is 0 Å². The van der Waals surface area contributed by atoms with Crippen LogP contribution in [0, 0.1) is 0 Å². The summed E-state index contributed by atoms with van der Waals surface area (Å²) in [4.78, 5) is 22.3. The molecule has 0 radical (unpaired) electrons. The first-order valence-corrected chi connectivity index (χ1v) is 7.03. The van der Waals surface area contributed by atoms with Crippen LogP contribution in [0.25, 0.3) is 0 Å². The van der Waals surface area contributed by atoms with Crippen molar-refractivity contribution in [3.05, 3.63) is 0 Å². The van der Waals surface area contributed by atoms with Crippen molar-refractivity contribution in [1.82, 2.24) is 10.6 Å². The van der Waals surface area contributed by atoms with Crippen LogP contribution in [-0.2, 0) is 9.59 Å². The molecule has 2 amide bonds. The van der Waals surface area contributed by atoms with Crippen LogP contribution >= 0.6 is 0 Å². The highest BCUT2D eigenvalue weighted by Crippen LogP contribution is 2.37. The van der Waals surface area contributed by atoms with Gasteiger partial charge >= 0.3 is 36.0 Å². The van der Waals surface area contributed by atoms with E-state index >= 15 is 0 Å². The number of nitrogens with one attached hydrogen (secondary N) is 2. The molecule has 1 fully saturated rings. The van der Waals surface area contributed by atoms with Crippen LogP contribution < -0.4 is 10.6 Å². The van der Waals surface area contributed by atoms with Gasteiger partial charge in [-0.3, -0.25) is 9.59 Å². The first-order chi connectivity index (χ1) is 11.5. The van der Waals surface area contributed by atoms with Gasteiger partial charge in [0.15, 0.2) is 0 Å². The molecule has 0 aromatic rings. The summed E-state index contributed by atoms with van der Waals surface area (Å²) in [5.74, 6) is -17.2. The van der Waals surface area contributed by atoms with Gasteiger partial charge in [-0.15, -0.1) is 0 Å². The lowest BCUT2D eigenvalue weighted by molar-refractivity contribution is -0.271. The van der Waals surface area contributed by atoms with Gasteiger partial charge in [-0.25, -0.2) is 0 Å². The Morgan fingerprint density at radius 3 is 1.12 bits per heavy atom. The average molecular weight is 406 g/mol. The van der Waals surface area contributed by atoms with Gasteiger partial charge in [0, 0.05) is 12.1 Å². The Morgan fingerprint density at radius 2 is 0.885 bits per heavy atom. The third kappa shape index (κ3) is 4.50. The fourth-order valence-electron chi connectivity index (χ4n) is 2.25. The molecule has 1 aliphatic rings. The van der Waals surface area contributed by atoms with E-state index in [1.807, 2.05) is 0 Å². The number of carbonyl (C=O) groups is 2. The minimum atomic E-state index is -6.23. The Kier molecular flexibility index (Phi) is 6.08. The van der Waals surface area contributed by atoms with Crippen molar-refractivity contribution < 1.29 is 53.5 Å². The van der Waals surface area contributed by atoms with Crippen LogP contribution in [0.3, 0.4) is 0 Å². The molecule has 2 N–H and O–H groups in total. The highest BCUT2D eigenvalue weighted by atomic mass is 19.4. The molecule has 152 valence electrons. The van der Waals surface area contributed by atoms with Crippen molar-refractivity contribution in [2.45, 2.75) is 62.0 Å². The van der Waals surface area contributed by atoms with Gasteiger partial charge in [0.1, 0.15) is 0 Å². The summed E-state index contributed by atoms with van der Waals surface area (Å²) in [6.07, 6.45) is -12.7. The number of alkyl halides is 10. The van der Waals surface area contributed by atoms with E-state index in [0.29, 0.717) is 0 Å². The van der Waals surface area contributed by atoms with Crippen LogP contribution in [0.4, 0.5) is 43.9 Å². The lowest BCUT2D eigenvalue weighted by atomic mass is 9.89. The molecule has 0 saturated heterocycles. The predicted molar refractivity (Wildman–Crippen MR) is 64.3 cm³/mol. The van der Waals surface area contributed by atoms with E-state index in [2.05, 4.69) is 0 Å². The molecule has 26 heavy (non-hydrogen) atoms. The molecular formula is C12H12F10N2O2. The van der Waals surface area contributed by atoms with Gasteiger partial charge in [-0.1, -0.05) is 12.8 Å². The molecular weight excluding hydrogens is 394 g/mol. The molecule has 1 aliphatic carbocycles. The summed E-state index contributed by atoms with van der Waals surface area (Å²) in [7, 11) is 0. The van der Waals surface area contributed by atoms with Crippen LogP contribution in [0.15, 0.2) is 0 Å². The van der Waals surface area contributed by atoms with Gasteiger partial charge in [-0.2, -0.15) is 43.9 Å². The van der Waals surface area contributed by atoms with Crippen molar-refractivity contribution in [2.24, 2.45) is 0 Å². The molecule has 0 heterocycles. The predicted octanol–water partition coefficient (Wildman–Crippen LogP) is 2.93. The smallest absolute Gasteiger partial charge is 0.346 e. The van der Waals surface area contributed by atoms with E-state index in [9.17, 15) is 53.5 Å². The normalized spacial score (nSPS) is 22.7. The largest absolute Gasteiger partial charge is 0.463 e. The van der Waals surface area contributed by atoms with Crippen LogP contribution in [0.1, 0.15) is 25.7 Å². The summed E-state index contributed by atoms with van der Waals surface area (Å²) in [5, 5.41) is 2.52. The van der Waals surface area contributed by atoms with E-state index in [1.54, 1.807) is 0 Å². The number of amides is 2. The zero-order valence-corrected chi connectivity index (χ0v) is 12.6. The second-order valence-electron chi connectivity index (χ2n) is 5.59. The van der Waals surface area contributed by atoms with Crippen LogP contribution in [0.2, 0.25) is 0 Å². The lowest BCUT2D eigenvalue weighted by Gasteiger charge is -2.34. The average Bonchev–Trinajstić information content (AvgIpc) is 2.46. The van der Waals surface area contributed by atoms with Crippen molar-refractivity contribution >= 4 is 11.8 Å². The van der Waals surface area contributed by atoms with Gasteiger partial charge in [0.25, 0.3) is 0 Å². The number of halogens is 10. The molecule has 1 saturated carbocycles. The standard InChI is InChI=1S/C12H12F10N2O2/c13-9(14,11(17,18)19)7(25)23-5-3-1-2-4-6(5)24-8(26)10(15,16)12(20,21)22/h5-6H,1-4H2,(H,23,25)(H,24,26)/t5-,6-/m1/s1. The number of hydrogen-bond acceptors (Lipinski definition) is 2. The Bertz CT molecular complexity index is 495. The molecule has 2 atom stereocenters. The van der Waals surface area contributed by atoms with E-state index in [4.69, 9.17) is 0 Å². The van der Waals surface area contributed by atoms with Gasteiger partial charge in [0.2, 0.25) is 0 Å². The maximum absolute atomic E-state index is 12.9. The van der Waals surface area contributed by atoms with Crippen LogP contribution in [0.5, 0.6) is 0 Å². The van der Waals surface area contributed by atoms with Crippen molar-refractivity contribution in [3.63, 3.8) is 0 Å². The summed E-state index contributed by atoms with van der Waals surface area (Å²) in [6, 6.07) is -3.34. The molecule has 14 heteroatoms. The lowest BCUT2D eigenvalue weighted by Crippen LogP contribution is -2.61. The Hall–Kier alpha value is -1.76. The summed E-state index contributed by atoms with van der Waals surface area (Å²) < 4.78 is 124. The summed E-state index contributed by atoms with van der Waals surface area (Å²) in [6.45, 7) is 0. The molecule has 1 rings (SSSR count). The molecule has 0 unspecified atom stereocenters. The minimum Gasteiger partial charge on any atom is -0.346 e. The first-order valence-electron chi connectivity index (χ1n) is 7.03. The molecule has 0 aliphatic heterocycles. The Labute approximate surface area is 139 Å². The summed E-state index contributed by atoms with van der Waals surface area (Å²) in [5.41, 5.74) is 0. The zero-order valence-electron chi connectivity index (χ0n) is 12.6. The van der Waals surface area contributed by atoms with Crippen molar-refractivity contribution in [2.75, 3.05) is 0 Å². The van der Waals surface area contributed by atoms with Crippen molar-refractivity contribution in [1.29, 1.82) is 0 Å². The Balaban J connectivity index is 2.89. The SMILES string of the molecule is O=C(N[C@@H]1CCCC[C@H]1NC(=O)C(F)(F)C(F)(F)F)C(F)(F)C(F)(F)F. The molecule has 0 aromatic carbocycles.